The average Bonchev–Trinajstić information content (AvgIpc) is 3.74. The Labute approximate surface area is 272 Å². The predicted octanol–water partition coefficient (Wildman–Crippen LogP) is 6.18. The number of H-pyrrole nitrogens is 1. The third-order valence-corrected chi connectivity index (χ3v) is 9.53. The van der Waals surface area contributed by atoms with Crippen molar-refractivity contribution in [3.8, 4) is 22.6 Å². The molecule has 2 aliphatic heterocycles. The number of hydrogen-bond donors (Lipinski definition) is 2. The summed E-state index contributed by atoms with van der Waals surface area (Å²) in [5.74, 6) is 0.436. The van der Waals surface area contributed by atoms with Gasteiger partial charge in [-0.15, -0.1) is 0 Å². The predicted molar refractivity (Wildman–Crippen MR) is 181 cm³/mol. The highest BCUT2D eigenvalue weighted by atomic mass is 19.1. The number of nitrogens with one attached hydrogen (secondary N) is 2. The van der Waals surface area contributed by atoms with Gasteiger partial charge in [0.25, 0.3) is 0 Å². The molecular weight excluding hydrogens is 593 g/mol. The maximum absolute atomic E-state index is 13.7. The molecule has 47 heavy (non-hydrogen) atoms. The zero-order valence-corrected chi connectivity index (χ0v) is 26.2. The molecule has 10 heteroatoms. The number of likely N-dealkylation sites (tertiary alicyclic amines) is 1. The fourth-order valence-corrected chi connectivity index (χ4v) is 6.64. The second-order valence-electron chi connectivity index (χ2n) is 12.4. The van der Waals surface area contributed by atoms with Gasteiger partial charge in [0, 0.05) is 54.2 Å². The molecule has 5 aromatic rings. The van der Waals surface area contributed by atoms with Gasteiger partial charge in [-0.05, 0) is 85.5 Å². The summed E-state index contributed by atoms with van der Waals surface area (Å²) in [5.41, 5.74) is 5.75. The fraction of sp³-hybridized carbons (Fsp3) is 0.270. The van der Waals surface area contributed by atoms with Gasteiger partial charge in [0.05, 0.1) is 23.2 Å². The zero-order valence-electron chi connectivity index (χ0n) is 26.2. The maximum atomic E-state index is 13.7. The number of fused-ring (bicyclic) bond motifs is 1. The van der Waals surface area contributed by atoms with Crippen molar-refractivity contribution < 1.29 is 14.0 Å². The normalized spacial score (nSPS) is 18.3. The molecule has 3 aromatic carbocycles. The van der Waals surface area contributed by atoms with Gasteiger partial charge in [0.15, 0.2) is 5.82 Å². The average molecular weight is 630 g/mol. The number of benzene rings is 3. The lowest BCUT2D eigenvalue weighted by Gasteiger charge is -2.30. The molecule has 0 unspecified atom stereocenters. The molecule has 0 bridgehead atoms. The number of carbonyl (C=O) groups is 2. The number of rotatable bonds is 8. The Morgan fingerprint density at radius 3 is 2.43 bits per heavy atom. The number of amides is 2. The lowest BCUT2D eigenvalue weighted by Crippen LogP contribution is -2.43. The largest absolute Gasteiger partial charge is 0.338 e. The molecule has 238 valence electrons. The highest BCUT2D eigenvalue weighted by Crippen LogP contribution is 2.36. The van der Waals surface area contributed by atoms with Gasteiger partial charge >= 0.3 is 0 Å². The summed E-state index contributed by atoms with van der Waals surface area (Å²) in [5, 5.41) is 11.4. The van der Waals surface area contributed by atoms with Crippen LogP contribution in [0.15, 0.2) is 91.3 Å². The van der Waals surface area contributed by atoms with Crippen LogP contribution in [0, 0.1) is 11.2 Å². The molecule has 9 nitrogen and oxygen atoms in total. The standard InChI is InChI=1S/C37H36FN7O2/c1-2-37(36(47)41-30-12-13-32-31(22-30)34(43-42-32)27-8-10-29(38)11-9-27)16-21-44(24-37)23-33(46)45-19-14-26(15-20-45)25-4-6-28(7-5-25)35-39-17-3-18-40-35/h3-14,17-18,22H,2,15-16,19-21,23-24H2,1H3,(H,41,47)(H,42,43)/t37-/m1/s1. The summed E-state index contributed by atoms with van der Waals surface area (Å²) in [6, 6.07) is 21.9. The third kappa shape index (κ3) is 6.29. The number of carbonyl (C=O) groups excluding carboxylic acids is 2. The Morgan fingerprint density at radius 2 is 1.70 bits per heavy atom. The molecule has 7 rings (SSSR count). The van der Waals surface area contributed by atoms with Gasteiger partial charge in [-0.2, -0.15) is 5.10 Å². The van der Waals surface area contributed by atoms with Crippen molar-refractivity contribution in [1.29, 1.82) is 0 Å². The number of nitrogens with zero attached hydrogens (tertiary/aromatic N) is 5. The summed E-state index contributed by atoms with van der Waals surface area (Å²) < 4.78 is 13.5. The van der Waals surface area contributed by atoms with Crippen LogP contribution in [-0.4, -0.2) is 74.5 Å². The van der Waals surface area contributed by atoms with Crippen LogP contribution in [0.2, 0.25) is 0 Å². The number of halogens is 1. The van der Waals surface area contributed by atoms with E-state index in [1.165, 1.54) is 17.7 Å². The number of hydrogen-bond acceptors (Lipinski definition) is 6. The second kappa shape index (κ2) is 12.9. The van der Waals surface area contributed by atoms with Crippen LogP contribution in [0.1, 0.15) is 31.7 Å². The first kappa shape index (κ1) is 30.4. The van der Waals surface area contributed by atoms with E-state index in [0.717, 1.165) is 34.0 Å². The van der Waals surface area contributed by atoms with E-state index in [2.05, 4.69) is 48.6 Å². The molecule has 0 radical (unpaired) electrons. The Morgan fingerprint density at radius 1 is 0.957 bits per heavy atom. The van der Waals surface area contributed by atoms with E-state index < -0.39 is 5.41 Å². The van der Waals surface area contributed by atoms with Crippen LogP contribution in [0.3, 0.4) is 0 Å². The van der Waals surface area contributed by atoms with Crippen molar-refractivity contribution in [3.05, 3.63) is 103 Å². The minimum Gasteiger partial charge on any atom is -0.338 e. The Bertz CT molecular complexity index is 1940. The molecule has 0 saturated carbocycles. The van der Waals surface area contributed by atoms with Crippen LogP contribution in [0.5, 0.6) is 0 Å². The lowest BCUT2D eigenvalue weighted by molar-refractivity contribution is -0.132. The Kier molecular flexibility index (Phi) is 8.34. The monoisotopic (exact) mass is 629 g/mol. The summed E-state index contributed by atoms with van der Waals surface area (Å²) in [6.45, 7) is 4.79. The zero-order chi connectivity index (χ0) is 32.4. The fourth-order valence-electron chi connectivity index (χ4n) is 6.64. The maximum Gasteiger partial charge on any atom is 0.237 e. The van der Waals surface area contributed by atoms with Gasteiger partial charge in [-0.1, -0.05) is 37.3 Å². The van der Waals surface area contributed by atoms with Crippen LogP contribution in [-0.2, 0) is 9.59 Å². The number of aromatic nitrogens is 4. The van der Waals surface area contributed by atoms with Gasteiger partial charge in [-0.3, -0.25) is 19.6 Å². The van der Waals surface area contributed by atoms with Crippen molar-refractivity contribution in [1.82, 2.24) is 30.0 Å². The van der Waals surface area contributed by atoms with Gasteiger partial charge in [0.1, 0.15) is 5.82 Å². The molecule has 1 saturated heterocycles. The lowest BCUT2D eigenvalue weighted by atomic mass is 9.83. The summed E-state index contributed by atoms with van der Waals surface area (Å²) in [7, 11) is 0. The van der Waals surface area contributed by atoms with Crippen LogP contribution < -0.4 is 5.32 Å². The van der Waals surface area contributed by atoms with E-state index in [4.69, 9.17) is 0 Å². The number of anilines is 1. The SMILES string of the molecule is CC[C@@]1(C(=O)Nc2ccc3[nH]nc(-c4ccc(F)cc4)c3c2)CCN(CC(=O)N2CC=C(c3ccc(-c4ncccn4)cc3)CC2)C1. The molecule has 2 amide bonds. The smallest absolute Gasteiger partial charge is 0.237 e. The first-order valence-corrected chi connectivity index (χ1v) is 16.0. The molecule has 0 aliphatic carbocycles. The molecule has 2 N–H and O–H groups in total. The minimum absolute atomic E-state index is 0.0449. The van der Waals surface area contributed by atoms with E-state index in [1.54, 1.807) is 30.6 Å². The summed E-state index contributed by atoms with van der Waals surface area (Å²) in [4.78, 5) is 39.7. The summed E-state index contributed by atoms with van der Waals surface area (Å²) >= 11 is 0. The van der Waals surface area contributed by atoms with Crippen LogP contribution >= 0.6 is 0 Å². The van der Waals surface area contributed by atoms with Crippen molar-refractivity contribution >= 4 is 34.0 Å². The minimum atomic E-state index is -0.586. The van der Waals surface area contributed by atoms with Gasteiger partial charge in [-0.25, -0.2) is 14.4 Å². The van der Waals surface area contributed by atoms with E-state index >= 15 is 0 Å². The topological polar surface area (TPSA) is 107 Å². The third-order valence-electron chi connectivity index (χ3n) is 9.53. The molecule has 1 atom stereocenters. The van der Waals surface area contributed by atoms with Crippen molar-refractivity contribution in [2.75, 3.05) is 38.0 Å². The van der Waals surface area contributed by atoms with Crippen molar-refractivity contribution in [3.63, 3.8) is 0 Å². The first-order chi connectivity index (χ1) is 22.9. The summed E-state index contributed by atoms with van der Waals surface area (Å²) in [6.07, 6.45) is 7.76. The first-order valence-electron chi connectivity index (χ1n) is 16.0. The Hall–Kier alpha value is -5.22. The molecule has 2 aliphatic rings. The molecule has 0 spiro atoms. The van der Waals surface area contributed by atoms with Crippen LogP contribution in [0.25, 0.3) is 39.1 Å². The molecule has 2 aromatic heterocycles. The highest BCUT2D eigenvalue weighted by molar-refractivity contribution is 6.00. The van der Waals surface area contributed by atoms with E-state index in [0.29, 0.717) is 62.8 Å². The van der Waals surface area contributed by atoms with E-state index in [1.807, 2.05) is 42.2 Å². The molecule has 4 heterocycles. The Balaban J connectivity index is 0.960. The van der Waals surface area contributed by atoms with Gasteiger partial charge in [0.2, 0.25) is 11.8 Å². The quantitative estimate of drug-likeness (QED) is 0.212. The van der Waals surface area contributed by atoms with Crippen molar-refractivity contribution in [2.45, 2.75) is 26.2 Å². The van der Waals surface area contributed by atoms with E-state index in [9.17, 15) is 14.0 Å². The highest BCUT2D eigenvalue weighted by Gasteiger charge is 2.43. The van der Waals surface area contributed by atoms with Crippen molar-refractivity contribution in [2.24, 2.45) is 5.41 Å². The van der Waals surface area contributed by atoms with Gasteiger partial charge < -0.3 is 10.2 Å². The van der Waals surface area contributed by atoms with Crippen LogP contribution in [0.4, 0.5) is 10.1 Å². The second-order valence-corrected chi connectivity index (χ2v) is 12.4. The molecule has 1 fully saturated rings. The number of aromatic amines is 1. The van der Waals surface area contributed by atoms with E-state index in [-0.39, 0.29) is 17.6 Å². The molecular formula is C37H36FN7O2.